The number of ether oxygens (including phenoxy) is 1. The van der Waals surface area contributed by atoms with Gasteiger partial charge in [0.2, 0.25) is 0 Å². The fourth-order valence-electron chi connectivity index (χ4n) is 2.13. The van der Waals surface area contributed by atoms with E-state index in [9.17, 15) is 9.90 Å². The van der Waals surface area contributed by atoms with Gasteiger partial charge in [-0.1, -0.05) is 18.2 Å². The summed E-state index contributed by atoms with van der Waals surface area (Å²) in [6, 6.07) is 9.43. The Kier molecular flexibility index (Phi) is 4.03. The molecule has 2 heterocycles. The van der Waals surface area contributed by atoms with Crippen LogP contribution >= 0.6 is 11.3 Å². The number of thiophene rings is 1. The lowest BCUT2D eigenvalue weighted by atomic mass is 10.1. The summed E-state index contributed by atoms with van der Waals surface area (Å²) in [5.74, 6) is 0.575. The first kappa shape index (κ1) is 13.9. The van der Waals surface area contributed by atoms with Crippen molar-refractivity contribution in [1.82, 2.24) is 5.32 Å². The minimum absolute atomic E-state index is 0.189. The van der Waals surface area contributed by atoms with Gasteiger partial charge in [-0.25, -0.2) is 0 Å². The number of para-hydroxylation sites is 1. The molecule has 0 saturated heterocycles. The number of carbonyl (C=O) groups excluding carboxylic acids is 1. The Bertz CT molecular complexity index is 664. The summed E-state index contributed by atoms with van der Waals surface area (Å²) in [7, 11) is 0. The van der Waals surface area contributed by atoms with Gasteiger partial charge in [0, 0.05) is 12.1 Å². The van der Waals surface area contributed by atoms with Crippen LogP contribution in [0, 0.1) is 0 Å². The Morgan fingerprint density at radius 1 is 1.38 bits per heavy atom. The first-order valence-electron chi connectivity index (χ1n) is 6.65. The molecule has 0 fully saturated rings. The Morgan fingerprint density at radius 3 is 3.05 bits per heavy atom. The Hall–Kier alpha value is -2.11. The molecule has 108 valence electrons. The predicted octanol–water partition coefficient (Wildman–Crippen LogP) is 2.37. The number of hydrogen-bond donors (Lipinski definition) is 2. The monoisotopic (exact) mass is 301 g/mol. The molecule has 0 unspecified atom stereocenters. The van der Waals surface area contributed by atoms with Gasteiger partial charge in [-0.05, 0) is 34.5 Å². The molecule has 1 amide bonds. The molecule has 4 nitrogen and oxygen atoms in total. The second-order valence-electron chi connectivity index (χ2n) is 4.78. The number of nitrogens with one attached hydrogen (secondary N) is 1. The van der Waals surface area contributed by atoms with E-state index in [0.29, 0.717) is 5.57 Å². The van der Waals surface area contributed by atoms with Crippen LogP contribution in [0.4, 0.5) is 0 Å². The minimum atomic E-state index is -0.683. The van der Waals surface area contributed by atoms with Crippen molar-refractivity contribution < 1.29 is 14.6 Å². The Morgan fingerprint density at radius 2 is 2.24 bits per heavy atom. The highest BCUT2D eigenvalue weighted by atomic mass is 32.1. The highest BCUT2D eigenvalue weighted by Crippen LogP contribution is 2.25. The summed E-state index contributed by atoms with van der Waals surface area (Å²) >= 11 is 1.52. The van der Waals surface area contributed by atoms with Crippen LogP contribution in [0.5, 0.6) is 5.75 Å². The summed E-state index contributed by atoms with van der Waals surface area (Å²) in [4.78, 5) is 12.1. The maximum atomic E-state index is 12.1. The van der Waals surface area contributed by atoms with E-state index >= 15 is 0 Å². The number of carbonyl (C=O) groups is 1. The molecule has 0 aliphatic carbocycles. The zero-order valence-corrected chi connectivity index (χ0v) is 12.1. The molecule has 1 atom stereocenters. The van der Waals surface area contributed by atoms with Gasteiger partial charge in [0.25, 0.3) is 5.91 Å². The summed E-state index contributed by atoms with van der Waals surface area (Å²) in [5, 5.41) is 16.5. The molecule has 0 radical (unpaired) electrons. The van der Waals surface area contributed by atoms with Crippen molar-refractivity contribution in [2.24, 2.45) is 0 Å². The topological polar surface area (TPSA) is 58.6 Å². The normalized spacial score (nSPS) is 14.6. The summed E-state index contributed by atoms with van der Waals surface area (Å²) in [6.45, 7) is 0.436. The quantitative estimate of drug-likeness (QED) is 0.911. The summed E-state index contributed by atoms with van der Waals surface area (Å²) in [5.41, 5.74) is 2.28. The molecule has 0 spiro atoms. The van der Waals surface area contributed by atoms with Crippen LogP contribution in [0.25, 0.3) is 6.08 Å². The molecule has 2 N–H and O–H groups in total. The number of fused-ring (bicyclic) bond motifs is 1. The molecule has 2 aromatic rings. The number of benzene rings is 1. The molecular weight excluding hydrogens is 286 g/mol. The van der Waals surface area contributed by atoms with Crippen LogP contribution in [-0.4, -0.2) is 24.2 Å². The van der Waals surface area contributed by atoms with Crippen molar-refractivity contribution in [3.8, 4) is 5.75 Å². The van der Waals surface area contributed by atoms with Gasteiger partial charge in [0.05, 0.1) is 11.7 Å². The molecule has 5 heteroatoms. The lowest BCUT2D eigenvalue weighted by Crippen LogP contribution is -2.31. The molecule has 1 aliphatic heterocycles. The zero-order valence-electron chi connectivity index (χ0n) is 11.3. The molecular formula is C16H15NO3S. The molecule has 1 aromatic carbocycles. The summed E-state index contributed by atoms with van der Waals surface area (Å²) in [6.07, 6.45) is 1.14. The predicted molar refractivity (Wildman–Crippen MR) is 82.2 cm³/mol. The third-order valence-electron chi connectivity index (χ3n) is 3.31. The van der Waals surface area contributed by atoms with Gasteiger partial charge >= 0.3 is 0 Å². The van der Waals surface area contributed by atoms with E-state index in [-0.39, 0.29) is 19.1 Å². The fourth-order valence-corrected chi connectivity index (χ4v) is 2.84. The van der Waals surface area contributed by atoms with Gasteiger partial charge in [-0.2, -0.15) is 11.3 Å². The van der Waals surface area contributed by atoms with Gasteiger partial charge in [-0.3, -0.25) is 4.79 Å². The zero-order chi connectivity index (χ0) is 14.7. The van der Waals surface area contributed by atoms with E-state index in [1.807, 2.05) is 47.2 Å². The second-order valence-corrected chi connectivity index (χ2v) is 5.56. The molecule has 1 aliphatic rings. The van der Waals surface area contributed by atoms with E-state index in [1.165, 1.54) is 11.3 Å². The lowest BCUT2D eigenvalue weighted by Gasteiger charge is -2.18. The van der Waals surface area contributed by atoms with Gasteiger partial charge < -0.3 is 15.2 Å². The maximum absolute atomic E-state index is 12.1. The first-order chi connectivity index (χ1) is 10.2. The van der Waals surface area contributed by atoms with Crippen LogP contribution in [0.2, 0.25) is 0 Å². The van der Waals surface area contributed by atoms with E-state index < -0.39 is 6.10 Å². The fraction of sp³-hybridized carbons (Fsp3) is 0.188. The number of amides is 1. The molecule has 21 heavy (non-hydrogen) atoms. The smallest absolute Gasteiger partial charge is 0.250 e. The number of aliphatic hydroxyl groups is 1. The van der Waals surface area contributed by atoms with Gasteiger partial charge in [-0.15, -0.1) is 0 Å². The first-order valence-corrected chi connectivity index (χ1v) is 7.59. The van der Waals surface area contributed by atoms with E-state index in [1.54, 1.807) is 0 Å². The molecule has 3 rings (SSSR count). The number of hydrogen-bond acceptors (Lipinski definition) is 4. The highest BCUT2D eigenvalue weighted by molar-refractivity contribution is 7.07. The maximum Gasteiger partial charge on any atom is 0.250 e. The van der Waals surface area contributed by atoms with Crippen LogP contribution in [0.1, 0.15) is 17.2 Å². The highest BCUT2D eigenvalue weighted by Gasteiger charge is 2.18. The van der Waals surface area contributed by atoms with Crippen LogP contribution in [0.3, 0.4) is 0 Å². The molecule has 0 saturated carbocycles. The van der Waals surface area contributed by atoms with Crippen LogP contribution in [-0.2, 0) is 4.79 Å². The van der Waals surface area contributed by atoms with Gasteiger partial charge in [0.1, 0.15) is 12.4 Å². The third-order valence-corrected chi connectivity index (χ3v) is 4.01. The minimum Gasteiger partial charge on any atom is -0.488 e. The van der Waals surface area contributed by atoms with Crippen molar-refractivity contribution in [1.29, 1.82) is 0 Å². The van der Waals surface area contributed by atoms with Crippen molar-refractivity contribution in [2.45, 2.75) is 6.10 Å². The van der Waals surface area contributed by atoms with Crippen LogP contribution < -0.4 is 10.1 Å². The summed E-state index contributed by atoms with van der Waals surface area (Å²) < 4.78 is 5.55. The largest absolute Gasteiger partial charge is 0.488 e. The molecule has 1 aromatic heterocycles. The third kappa shape index (κ3) is 3.15. The van der Waals surface area contributed by atoms with E-state index in [0.717, 1.165) is 16.9 Å². The SMILES string of the molecule is O=C(NC[C@H](O)c1ccsc1)C1=Cc2ccccc2OC1. The van der Waals surface area contributed by atoms with Crippen molar-refractivity contribution in [3.63, 3.8) is 0 Å². The van der Waals surface area contributed by atoms with Crippen molar-refractivity contribution in [2.75, 3.05) is 13.2 Å². The van der Waals surface area contributed by atoms with E-state index in [2.05, 4.69) is 5.32 Å². The lowest BCUT2D eigenvalue weighted by molar-refractivity contribution is -0.118. The van der Waals surface area contributed by atoms with Gasteiger partial charge in [0.15, 0.2) is 0 Å². The number of rotatable bonds is 4. The average Bonchev–Trinajstić information content (AvgIpc) is 3.06. The Balaban J connectivity index is 1.63. The van der Waals surface area contributed by atoms with Crippen LogP contribution in [0.15, 0.2) is 46.7 Å². The number of aliphatic hydroxyl groups excluding tert-OH is 1. The van der Waals surface area contributed by atoms with Crippen molar-refractivity contribution >= 4 is 23.3 Å². The standard InChI is InChI=1S/C16H15NO3S/c18-14(12-5-6-21-10-12)8-17-16(19)13-7-11-3-1-2-4-15(11)20-9-13/h1-7,10,14,18H,8-9H2,(H,17,19)/t14-/m0/s1. The van der Waals surface area contributed by atoms with E-state index in [4.69, 9.17) is 4.74 Å². The second kappa shape index (κ2) is 6.11. The van der Waals surface area contributed by atoms with Crippen molar-refractivity contribution in [3.05, 3.63) is 57.8 Å². The average molecular weight is 301 g/mol. The molecule has 0 bridgehead atoms. The Labute approximate surface area is 126 Å².